The van der Waals surface area contributed by atoms with Gasteiger partial charge in [0.15, 0.2) is 5.82 Å². The van der Waals surface area contributed by atoms with Gasteiger partial charge in [-0.3, -0.25) is 0 Å². The molecule has 3 heterocycles. The lowest BCUT2D eigenvalue weighted by atomic mass is 10.2. The Hall–Kier alpha value is -1.96. The fourth-order valence-corrected chi connectivity index (χ4v) is 2.19. The van der Waals surface area contributed by atoms with Gasteiger partial charge in [0.25, 0.3) is 5.95 Å². The molecule has 0 saturated heterocycles. The van der Waals surface area contributed by atoms with Crippen LogP contribution in [0, 0.1) is 5.92 Å². The molecule has 0 aliphatic carbocycles. The average Bonchev–Trinajstić information content (AvgIpc) is 3.03. The van der Waals surface area contributed by atoms with E-state index in [4.69, 9.17) is 5.73 Å². The van der Waals surface area contributed by atoms with E-state index in [0.717, 1.165) is 6.54 Å². The molecule has 2 aromatic heterocycles. The van der Waals surface area contributed by atoms with Crippen molar-refractivity contribution < 1.29 is 0 Å². The average molecular weight is 322 g/mol. The van der Waals surface area contributed by atoms with E-state index < -0.39 is 0 Å². The minimum atomic E-state index is 0.366. The van der Waals surface area contributed by atoms with E-state index in [-0.39, 0.29) is 0 Å². The van der Waals surface area contributed by atoms with Crippen molar-refractivity contribution in [1.82, 2.24) is 19.7 Å². The van der Waals surface area contributed by atoms with Crippen LogP contribution in [0.15, 0.2) is 28.0 Å². The maximum Gasteiger partial charge on any atom is 0.254 e. The number of nitrogens with two attached hydrogens (primary N) is 1. The third-order valence-corrected chi connectivity index (χ3v) is 3.48. The molecule has 7 nitrogen and oxygen atoms in total. The predicted molar refractivity (Wildman–Crippen MR) is 76.3 cm³/mol. The molecule has 0 aromatic carbocycles. The van der Waals surface area contributed by atoms with Crippen molar-refractivity contribution in [2.45, 2.75) is 6.92 Å². The fourth-order valence-electron chi connectivity index (χ4n) is 1.80. The Morgan fingerprint density at radius 3 is 2.89 bits per heavy atom. The van der Waals surface area contributed by atoms with Gasteiger partial charge >= 0.3 is 0 Å². The summed E-state index contributed by atoms with van der Waals surface area (Å²) in [5.74, 6) is 1.83. The number of aromatic nitrogens is 4. The standard InChI is InChI=1S/C11H12BrN7/c1-7-5-15-19(6-7)10-8(12)9(13)16-11(17-10)18-4-2-3-14-18/h2-5,7H,6H2,1H3,(H2,13,16,17). The van der Waals surface area contributed by atoms with E-state index in [1.807, 2.05) is 6.21 Å². The molecule has 0 fully saturated rings. The molecule has 1 atom stereocenters. The second kappa shape index (κ2) is 4.61. The molecular weight excluding hydrogens is 310 g/mol. The van der Waals surface area contributed by atoms with Crippen LogP contribution in [-0.4, -0.2) is 32.5 Å². The molecule has 1 aliphatic rings. The Kier molecular flexibility index (Phi) is 2.94. The second-order valence-corrected chi connectivity index (χ2v) is 5.11. The zero-order valence-corrected chi connectivity index (χ0v) is 11.8. The highest BCUT2D eigenvalue weighted by atomic mass is 79.9. The Morgan fingerprint density at radius 2 is 2.26 bits per heavy atom. The first kappa shape index (κ1) is 12.1. The first-order valence-corrected chi connectivity index (χ1v) is 6.59. The number of hydrogen-bond donors (Lipinski definition) is 1. The van der Waals surface area contributed by atoms with Crippen molar-refractivity contribution in [3.63, 3.8) is 0 Å². The summed E-state index contributed by atoms with van der Waals surface area (Å²) in [6.07, 6.45) is 5.32. The fraction of sp³-hybridized carbons (Fsp3) is 0.273. The lowest BCUT2D eigenvalue weighted by Crippen LogP contribution is -2.19. The van der Waals surface area contributed by atoms with Crippen molar-refractivity contribution in [2.75, 3.05) is 17.3 Å². The van der Waals surface area contributed by atoms with Gasteiger partial charge in [-0.15, -0.1) is 0 Å². The molecule has 2 N–H and O–H groups in total. The van der Waals surface area contributed by atoms with E-state index in [9.17, 15) is 0 Å². The third-order valence-electron chi connectivity index (χ3n) is 2.72. The molecular formula is C11H12BrN7. The smallest absolute Gasteiger partial charge is 0.254 e. The van der Waals surface area contributed by atoms with Crippen LogP contribution in [0.4, 0.5) is 11.6 Å². The maximum atomic E-state index is 5.91. The van der Waals surface area contributed by atoms with Crippen molar-refractivity contribution in [2.24, 2.45) is 11.0 Å². The number of rotatable bonds is 2. The molecule has 1 aliphatic heterocycles. The second-order valence-electron chi connectivity index (χ2n) is 4.32. The van der Waals surface area contributed by atoms with Gasteiger partial charge in [-0.1, -0.05) is 6.92 Å². The largest absolute Gasteiger partial charge is 0.383 e. The summed E-state index contributed by atoms with van der Waals surface area (Å²) in [6.45, 7) is 2.87. The normalized spacial score (nSPS) is 18.2. The van der Waals surface area contributed by atoms with Gasteiger partial charge in [0.05, 0.1) is 6.54 Å². The number of hydrazone groups is 1. The van der Waals surface area contributed by atoms with Crippen LogP contribution in [-0.2, 0) is 0 Å². The highest BCUT2D eigenvalue weighted by molar-refractivity contribution is 9.10. The summed E-state index contributed by atoms with van der Waals surface area (Å²) in [5, 5.41) is 10.2. The maximum absolute atomic E-state index is 5.91. The van der Waals surface area contributed by atoms with E-state index in [0.29, 0.717) is 28.0 Å². The molecule has 0 saturated carbocycles. The zero-order valence-electron chi connectivity index (χ0n) is 10.2. The molecule has 0 spiro atoms. The highest BCUT2D eigenvalue weighted by Crippen LogP contribution is 2.31. The van der Waals surface area contributed by atoms with Gasteiger partial charge in [0, 0.05) is 24.5 Å². The number of hydrogen-bond acceptors (Lipinski definition) is 6. The molecule has 98 valence electrons. The van der Waals surface area contributed by atoms with E-state index in [1.54, 1.807) is 28.2 Å². The van der Waals surface area contributed by atoms with Gasteiger partial charge in [-0.05, 0) is 22.0 Å². The molecule has 19 heavy (non-hydrogen) atoms. The van der Waals surface area contributed by atoms with E-state index >= 15 is 0 Å². The van der Waals surface area contributed by atoms with Crippen molar-refractivity contribution in [1.29, 1.82) is 0 Å². The minimum absolute atomic E-state index is 0.366. The number of nitrogen functional groups attached to an aromatic ring is 1. The molecule has 8 heteroatoms. The van der Waals surface area contributed by atoms with Crippen LogP contribution < -0.4 is 10.7 Å². The summed E-state index contributed by atoms with van der Waals surface area (Å²) in [4.78, 5) is 8.67. The number of anilines is 2. The van der Waals surface area contributed by atoms with Crippen molar-refractivity contribution >= 4 is 33.8 Å². The molecule has 0 bridgehead atoms. The van der Waals surface area contributed by atoms with Gasteiger partial charge in [-0.2, -0.15) is 20.2 Å². The Balaban J connectivity index is 2.06. The summed E-state index contributed by atoms with van der Waals surface area (Å²) >= 11 is 3.41. The van der Waals surface area contributed by atoms with Gasteiger partial charge < -0.3 is 5.73 Å². The van der Waals surface area contributed by atoms with Crippen molar-refractivity contribution in [3.8, 4) is 5.95 Å². The van der Waals surface area contributed by atoms with Crippen LogP contribution in [0.3, 0.4) is 0 Å². The van der Waals surface area contributed by atoms with Crippen molar-refractivity contribution in [3.05, 3.63) is 22.9 Å². The van der Waals surface area contributed by atoms with Crippen LogP contribution >= 0.6 is 15.9 Å². The summed E-state index contributed by atoms with van der Waals surface area (Å²) in [7, 11) is 0. The molecule has 0 radical (unpaired) electrons. The summed E-state index contributed by atoms with van der Waals surface area (Å²) in [5.41, 5.74) is 5.91. The molecule has 3 rings (SSSR count). The van der Waals surface area contributed by atoms with Gasteiger partial charge in [0.2, 0.25) is 0 Å². The Labute approximate surface area is 118 Å². The predicted octanol–water partition coefficient (Wildman–Crippen LogP) is 1.45. The Morgan fingerprint density at radius 1 is 1.42 bits per heavy atom. The summed E-state index contributed by atoms with van der Waals surface area (Å²) in [6, 6.07) is 1.80. The minimum Gasteiger partial charge on any atom is -0.383 e. The lowest BCUT2D eigenvalue weighted by Gasteiger charge is -2.17. The van der Waals surface area contributed by atoms with Crippen LogP contribution in [0.1, 0.15) is 6.92 Å². The van der Waals surface area contributed by atoms with Gasteiger partial charge in [-0.25, -0.2) is 9.69 Å². The van der Waals surface area contributed by atoms with E-state index in [1.165, 1.54) is 0 Å². The van der Waals surface area contributed by atoms with Crippen LogP contribution in [0.2, 0.25) is 0 Å². The molecule has 2 aromatic rings. The van der Waals surface area contributed by atoms with Crippen LogP contribution in [0.5, 0.6) is 0 Å². The monoisotopic (exact) mass is 321 g/mol. The molecule has 1 unspecified atom stereocenters. The molecule has 0 amide bonds. The zero-order chi connectivity index (χ0) is 13.4. The summed E-state index contributed by atoms with van der Waals surface area (Å²) < 4.78 is 2.21. The SMILES string of the molecule is CC1C=NN(c2nc(-n3cccn3)nc(N)c2Br)C1. The third kappa shape index (κ3) is 2.19. The number of nitrogens with zero attached hydrogens (tertiary/aromatic N) is 6. The van der Waals surface area contributed by atoms with E-state index in [2.05, 4.69) is 43.0 Å². The lowest BCUT2D eigenvalue weighted by molar-refractivity contribution is 0.753. The quantitative estimate of drug-likeness (QED) is 0.904. The first-order valence-electron chi connectivity index (χ1n) is 5.80. The number of halogens is 1. The van der Waals surface area contributed by atoms with Crippen LogP contribution in [0.25, 0.3) is 5.95 Å². The first-order chi connectivity index (χ1) is 9.15. The highest BCUT2D eigenvalue weighted by Gasteiger charge is 2.21. The topological polar surface area (TPSA) is 85.2 Å². The Bertz CT molecular complexity index is 622. The van der Waals surface area contributed by atoms with Gasteiger partial charge in [0.1, 0.15) is 10.3 Å².